The van der Waals surface area contributed by atoms with Crippen molar-refractivity contribution in [3.63, 3.8) is 0 Å². The molecule has 1 aliphatic carbocycles. The second-order valence-corrected chi connectivity index (χ2v) is 9.10. The Morgan fingerprint density at radius 3 is 1.88 bits per heavy atom. The molecular formula is C28H26F6. The van der Waals surface area contributed by atoms with Gasteiger partial charge in [-0.15, -0.1) is 0 Å². The molecule has 0 nitrogen and oxygen atoms in total. The minimum absolute atomic E-state index is 0.119. The molecule has 3 aromatic carbocycles. The van der Waals surface area contributed by atoms with Crippen molar-refractivity contribution in [2.24, 2.45) is 11.8 Å². The molecule has 34 heavy (non-hydrogen) atoms. The van der Waals surface area contributed by atoms with Crippen LogP contribution in [0.3, 0.4) is 0 Å². The van der Waals surface area contributed by atoms with Crippen LogP contribution >= 0.6 is 0 Å². The predicted molar refractivity (Wildman–Crippen MR) is 121 cm³/mol. The van der Waals surface area contributed by atoms with Crippen LogP contribution in [0.1, 0.15) is 57.4 Å². The minimum Gasteiger partial charge on any atom is -0.203 e. The van der Waals surface area contributed by atoms with Crippen molar-refractivity contribution in [1.82, 2.24) is 0 Å². The van der Waals surface area contributed by atoms with Gasteiger partial charge in [0.15, 0.2) is 34.9 Å². The first-order valence-electron chi connectivity index (χ1n) is 11.7. The number of hydrogen-bond acceptors (Lipinski definition) is 0. The van der Waals surface area contributed by atoms with Gasteiger partial charge < -0.3 is 0 Å². The summed E-state index contributed by atoms with van der Waals surface area (Å²) in [5.41, 5.74) is -2.54. The summed E-state index contributed by atoms with van der Waals surface area (Å²) in [6.45, 7) is 3.57. The van der Waals surface area contributed by atoms with Crippen molar-refractivity contribution in [3.8, 4) is 22.3 Å². The Hall–Kier alpha value is -2.76. The summed E-state index contributed by atoms with van der Waals surface area (Å²) in [5.74, 6) is -10.1. The first-order chi connectivity index (χ1) is 16.3. The summed E-state index contributed by atoms with van der Waals surface area (Å²) in [6, 6.07) is 10.1. The summed E-state index contributed by atoms with van der Waals surface area (Å²) in [6.07, 6.45) is 4.31. The third-order valence-corrected chi connectivity index (χ3v) is 7.32. The van der Waals surface area contributed by atoms with Crippen LogP contribution in [-0.4, -0.2) is 0 Å². The fourth-order valence-corrected chi connectivity index (χ4v) is 5.48. The van der Waals surface area contributed by atoms with Gasteiger partial charge in [-0.1, -0.05) is 82.0 Å². The van der Waals surface area contributed by atoms with Crippen LogP contribution in [0.15, 0.2) is 42.5 Å². The van der Waals surface area contributed by atoms with E-state index in [1.165, 1.54) is 0 Å². The van der Waals surface area contributed by atoms with E-state index < -0.39 is 57.5 Å². The van der Waals surface area contributed by atoms with Crippen LogP contribution in [0.25, 0.3) is 22.3 Å². The maximum Gasteiger partial charge on any atom is 0.170 e. The SMILES string of the molecule is CCC1CCCCC1C(C)c1c(F)c(F)c(-c2ccc(-c3ccccc3)c(F)c2F)c(F)c1F. The van der Waals surface area contributed by atoms with E-state index in [4.69, 9.17) is 0 Å². The zero-order chi connectivity index (χ0) is 24.6. The second kappa shape index (κ2) is 9.85. The Kier molecular flexibility index (Phi) is 7.06. The standard InChI is InChI=1S/C28H26F6/c1-3-16-9-7-8-12-18(16)15(2)21-25(31)27(33)22(28(34)26(21)32)20-14-13-19(23(29)24(20)30)17-10-5-4-6-11-17/h4-6,10-11,13-16,18H,3,7-9,12H2,1-2H3. The third kappa shape index (κ3) is 4.12. The van der Waals surface area contributed by atoms with Gasteiger partial charge >= 0.3 is 0 Å². The van der Waals surface area contributed by atoms with Gasteiger partial charge in [0.05, 0.1) is 5.56 Å². The lowest BCUT2D eigenvalue weighted by Crippen LogP contribution is -2.26. The third-order valence-electron chi connectivity index (χ3n) is 7.32. The Labute approximate surface area is 195 Å². The molecule has 3 aromatic rings. The molecule has 3 atom stereocenters. The maximum absolute atomic E-state index is 15.2. The van der Waals surface area contributed by atoms with Gasteiger partial charge in [0, 0.05) is 16.7 Å². The average Bonchev–Trinajstić information content (AvgIpc) is 2.86. The van der Waals surface area contributed by atoms with Crippen LogP contribution in [0.5, 0.6) is 0 Å². The molecule has 6 heteroatoms. The molecule has 1 aliphatic rings. The summed E-state index contributed by atoms with van der Waals surface area (Å²) in [4.78, 5) is 0. The zero-order valence-electron chi connectivity index (χ0n) is 19.1. The summed E-state index contributed by atoms with van der Waals surface area (Å²) >= 11 is 0. The number of halogens is 6. The first kappa shape index (κ1) is 24.4. The van der Waals surface area contributed by atoms with Gasteiger partial charge in [-0.05, 0) is 29.7 Å². The van der Waals surface area contributed by atoms with Gasteiger partial charge in [0.25, 0.3) is 0 Å². The Morgan fingerprint density at radius 1 is 0.706 bits per heavy atom. The van der Waals surface area contributed by atoms with Crippen LogP contribution in [0.4, 0.5) is 26.3 Å². The van der Waals surface area contributed by atoms with Gasteiger partial charge in [0.1, 0.15) is 0 Å². The molecule has 0 bridgehead atoms. The molecular weight excluding hydrogens is 450 g/mol. The molecule has 1 fully saturated rings. The van der Waals surface area contributed by atoms with E-state index in [2.05, 4.69) is 0 Å². The van der Waals surface area contributed by atoms with Gasteiger partial charge in [-0.25, -0.2) is 26.3 Å². The highest BCUT2D eigenvalue weighted by Gasteiger charge is 2.36. The van der Waals surface area contributed by atoms with Crippen molar-refractivity contribution in [2.75, 3.05) is 0 Å². The maximum atomic E-state index is 15.2. The highest BCUT2D eigenvalue weighted by atomic mass is 19.2. The van der Waals surface area contributed by atoms with Crippen molar-refractivity contribution in [3.05, 3.63) is 82.9 Å². The van der Waals surface area contributed by atoms with Crippen LogP contribution in [0, 0.1) is 46.7 Å². The number of hydrogen-bond donors (Lipinski definition) is 0. The van der Waals surface area contributed by atoms with Crippen molar-refractivity contribution >= 4 is 0 Å². The number of rotatable bonds is 5. The topological polar surface area (TPSA) is 0 Å². The van der Waals surface area contributed by atoms with Gasteiger partial charge in [-0.3, -0.25) is 0 Å². The molecule has 4 rings (SSSR count). The van der Waals surface area contributed by atoms with Crippen molar-refractivity contribution < 1.29 is 26.3 Å². The van der Waals surface area contributed by atoms with Crippen LogP contribution in [-0.2, 0) is 0 Å². The van der Waals surface area contributed by atoms with Crippen LogP contribution in [0.2, 0.25) is 0 Å². The monoisotopic (exact) mass is 476 g/mol. The summed E-state index contributed by atoms with van der Waals surface area (Å²) in [5, 5.41) is 0. The molecule has 3 unspecified atom stereocenters. The van der Waals surface area contributed by atoms with Crippen molar-refractivity contribution in [1.29, 1.82) is 0 Å². The lowest BCUT2D eigenvalue weighted by atomic mass is 9.69. The van der Waals surface area contributed by atoms with Crippen molar-refractivity contribution in [2.45, 2.75) is 51.9 Å². The number of benzene rings is 3. The molecule has 0 aliphatic heterocycles. The zero-order valence-corrected chi connectivity index (χ0v) is 19.1. The van der Waals surface area contributed by atoms with E-state index in [1.54, 1.807) is 37.3 Å². The van der Waals surface area contributed by atoms with E-state index in [0.717, 1.165) is 37.8 Å². The lowest BCUT2D eigenvalue weighted by molar-refractivity contribution is 0.196. The molecule has 180 valence electrons. The Bertz CT molecular complexity index is 1160. The molecule has 1 saturated carbocycles. The molecule has 0 aromatic heterocycles. The Balaban J connectivity index is 1.82. The highest BCUT2D eigenvalue weighted by Crippen LogP contribution is 2.45. The summed E-state index contributed by atoms with van der Waals surface area (Å²) < 4.78 is 90.5. The average molecular weight is 477 g/mol. The molecule has 0 saturated heterocycles. The molecule has 0 N–H and O–H groups in total. The summed E-state index contributed by atoms with van der Waals surface area (Å²) in [7, 11) is 0. The smallest absolute Gasteiger partial charge is 0.170 e. The largest absolute Gasteiger partial charge is 0.203 e. The van der Waals surface area contributed by atoms with E-state index in [0.29, 0.717) is 12.0 Å². The Morgan fingerprint density at radius 2 is 1.26 bits per heavy atom. The van der Waals surface area contributed by atoms with E-state index >= 15 is 17.6 Å². The van der Waals surface area contributed by atoms with Gasteiger partial charge in [-0.2, -0.15) is 0 Å². The van der Waals surface area contributed by atoms with E-state index in [9.17, 15) is 8.78 Å². The van der Waals surface area contributed by atoms with E-state index in [-0.39, 0.29) is 17.4 Å². The molecule has 0 heterocycles. The quantitative estimate of drug-likeness (QED) is 0.254. The second-order valence-electron chi connectivity index (χ2n) is 9.10. The van der Waals surface area contributed by atoms with E-state index in [1.807, 2.05) is 6.92 Å². The van der Waals surface area contributed by atoms with Gasteiger partial charge in [0.2, 0.25) is 0 Å². The molecule has 0 amide bonds. The fourth-order valence-electron chi connectivity index (χ4n) is 5.48. The normalized spacial score (nSPS) is 19.3. The van der Waals surface area contributed by atoms with Crippen LogP contribution < -0.4 is 0 Å². The lowest BCUT2D eigenvalue weighted by Gasteiger charge is -2.36. The highest BCUT2D eigenvalue weighted by molar-refractivity contribution is 5.73. The predicted octanol–water partition coefficient (Wildman–Crippen LogP) is 9.18. The minimum atomic E-state index is -1.71. The molecule has 0 radical (unpaired) electrons. The fraction of sp³-hybridized carbons (Fsp3) is 0.357. The molecule has 0 spiro atoms. The first-order valence-corrected chi connectivity index (χ1v) is 11.7.